The average molecular weight is 278 g/mol. The molecule has 2 aliphatic carbocycles. The summed E-state index contributed by atoms with van der Waals surface area (Å²) in [4.78, 5) is 0. The lowest BCUT2D eigenvalue weighted by Gasteiger charge is -2.23. The van der Waals surface area contributed by atoms with Crippen LogP contribution in [-0.2, 0) is 4.74 Å². The molecule has 0 amide bonds. The molecule has 0 bridgehead atoms. The van der Waals surface area contributed by atoms with Crippen molar-refractivity contribution in [3.05, 3.63) is 0 Å². The highest BCUT2D eigenvalue weighted by Crippen LogP contribution is 2.35. The van der Waals surface area contributed by atoms with E-state index in [-0.39, 0.29) is 11.6 Å². The van der Waals surface area contributed by atoms with E-state index in [1.807, 2.05) is 0 Å². The highest BCUT2D eigenvalue weighted by Gasteiger charge is 2.43. The number of nitrogens with one attached hydrogen (secondary N) is 1. The van der Waals surface area contributed by atoms with Crippen molar-refractivity contribution in [1.29, 1.82) is 5.26 Å². The van der Waals surface area contributed by atoms with Crippen molar-refractivity contribution in [2.45, 2.75) is 89.3 Å². The number of rotatable bonds is 9. The highest BCUT2D eigenvalue weighted by molar-refractivity contribution is 5.14. The maximum atomic E-state index is 9.48. The molecule has 1 N–H and O–H groups in total. The van der Waals surface area contributed by atoms with Gasteiger partial charge in [-0.05, 0) is 38.0 Å². The number of hydrogen-bond donors (Lipinski definition) is 1. The van der Waals surface area contributed by atoms with Crippen LogP contribution in [0.3, 0.4) is 0 Å². The number of hydrogen-bond acceptors (Lipinski definition) is 3. The molecule has 0 spiro atoms. The summed E-state index contributed by atoms with van der Waals surface area (Å²) in [6.07, 6.45) is 10.7. The van der Waals surface area contributed by atoms with Crippen molar-refractivity contribution >= 4 is 0 Å². The zero-order valence-corrected chi connectivity index (χ0v) is 13.2. The van der Waals surface area contributed by atoms with Gasteiger partial charge in [0.15, 0.2) is 0 Å². The van der Waals surface area contributed by atoms with Crippen molar-refractivity contribution in [1.82, 2.24) is 5.32 Å². The summed E-state index contributed by atoms with van der Waals surface area (Å²) in [5.41, 5.74) is -0.295. The fourth-order valence-corrected chi connectivity index (χ4v) is 3.20. The lowest BCUT2D eigenvalue weighted by Crippen LogP contribution is -2.43. The molecule has 20 heavy (non-hydrogen) atoms. The SMILES string of the molecule is CCCCC(CC)COC1CCC(C#N)(NC2CC2)C1. The molecule has 3 nitrogen and oxygen atoms in total. The molecule has 2 saturated carbocycles. The Hall–Kier alpha value is -0.590. The van der Waals surface area contributed by atoms with Crippen LogP contribution in [0.5, 0.6) is 0 Å². The molecule has 0 saturated heterocycles. The van der Waals surface area contributed by atoms with Crippen LogP contribution in [0.15, 0.2) is 0 Å². The molecule has 2 aliphatic rings. The molecule has 2 fully saturated rings. The smallest absolute Gasteiger partial charge is 0.109 e. The fraction of sp³-hybridized carbons (Fsp3) is 0.941. The summed E-state index contributed by atoms with van der Waals surface area (Å²) >= 11 is 0. The summed E-state index contributed by atoms with van der Waals surface area (Å²) in [6.45, 7) is 5.38. The monoisotopic (exact) mass is 278 g/mol. The fourth-order valence-electron chi connectivity index (χ4n) is 3.20. The molecule has 0 radical (unpaired) electrons. The van der Waals surface area contributed by atoms with Gasteiger partial charge in [0.05, 0.1) is 12.2 Å². The van der Waals surface area contributed by atoms with Gasteiger partial charge in [-0.1, -0.05) is 33.1 Å². The zero-order chi connectivity index (χ0) is 14.4. The molecular formula is C17H30N2O. The molecule has 2 rings (SSSR count). The largest absolute Gasteiger partial charge is 0.378 e. The van der Waals surface area contributed by atoms with Gasteiger partial charge in [0, 0.05) is 19.1 Å². The van der Waals surface area contributed by atoms with Gasteiger partial charge in [0.25, 0.3) is 0 Å². The molecule has 0 aromatic heterocycles. The van der Waals surface area contributed by atoms with Crippen LogP contribution >= 0.6 is 0 Å². The summed E-state index contributed by atoms with van der Waals surface area (Å²) in [5, 5.41) is 13.0. The first-order chi connectivity index (χ1) is 9.71. The summed E-state index contributed by atoms with van der Waals surface area (Å²) in [5.74, 6) is 0.698. The Morgan fingerprint density at radius 1 is 1.35 bits per heavy atom. The predicted octanol–water partition coefficient (Wildman–Crippen LogP) is 3.79. The third-order valence-corrected chi connectivity index (χ3v) is 4.85. The predicted molar refractivity (Wildman–Crippen MR) is 81.4 cm³/mol. The van der Waals surface area contributed by atoms with Gasteiger partial charge in [-0.25, -0.2) is 0 Å². The maximum Gasteiger partial charge on any atom is 0.109 e. The molecular weight excluding hydrogens is 248 g/mol. The quantitative estimate of drug-likeness (QED) is 0.698. The average Bonchev–Trinajstić information content (AvgIpc) is 3.18. The Kier molecular flexibility index (Phi) is 5.86. The topological polar surface area (TPSA) is 45.0 Å². The minimum Gasteiger partial charge on any atom is -0.378 e. The van der Waals surface area contributed by atoms with E-state index in [9.17, 15) is 5.26 Å². The highest BCUT2D eigenvalue weighted by atomic mass is 16.5. The van der Waals surface area contributed by atoms with Crippen molar-refractivity contribution < 1.29 is 4.74 Å². The number of nitrogens with zero attached hydrogens (tertiary/aromatic N) is 1. The number of ether oxygens (including phenoxy) is 1. The minimum atomic E-state index is -0.295. The van der Waals surface area contributed by atoms with Crippen molar-refractivity contribution in [3.8, 4) is 6.07 Å². The summed E-state index contributed by atoms with van der Waals surface area (Å²) in [6, 6.07) is 3.12. The molecule has 0 aliphatic heterocycles. The molecule has 114 valence electrons. The first-order valence-electron chi connectivity index (χ1n) is 8.52. The molecule has 0 heterocycles. The van der Waals surface area contributed by atoms with Gasteiger partial charge >= 0.3 is 0 Å². The van der Waals surface area contributed by atoms with E-state index in [0.29, 0.717) is 12.0 Å². The lowest BCUT2D eigenvalue weighted by atomic mass is 9.99. The van der Waals surface area contributed by atoms with Crippen LogP contribution in [0.4, 0.5) is 0 Å². The van der Waals surface area contributed by atoms with Gasteiger partial charge in [-0.3, -0.25) is 5.32 Å². The normalized spacial score (nSPS) is 31.1. The summed E-state index contributed by atoms with van der Waals surface area (Å²) < 4.78 is 6.12. The molecule has 0 aromatic rings. The van der Waals surface area contributed by atoms with Gasteiger partial charge < -0.3 is 4.74 Å². The second-order valence-corrected chi connectivity index (χ2v) is 6.73. The molecule has 0 aromatic carbocycles. The van der Waals surface area contributed by atoms with Gasteiger partial charge in [-0.2, -0.15) is 5.26 Å². The standard InChI is InChI=1S/C17H30N2O/c1-3-5-6-14(4-2)12-20-16-9-10-17(11-16,13-18)19-15-7-8-15/h14-16,19H,3-12H2,1-2H3. The van der Waals surface area contributed by atoms with E-state index in [4.69, 9.17) is 4.74 Å². The van der Waals surface area contributed by atoms with Crippen molar-refractivity contribution in [2.24, 2.45) is 5.92 Å². The maximum absolute atomic E-state index is 9.48. The summed E-state index contributed by atoms with van der Waals surface area (Å²) in [7, 11) is 0. The van der Waals surface area contributed by atoms with E-state index in [0.717, 1.165) is 25.9 Å². The first kappa shape index (κ1) is 15.8. The first-order valence-corrected chi connectivity index (χ1v) is 8.52. The van der Waals surface area contributed by atoms with Gasteiger partial charge in [0.1, 0.15) is 5.54 Å². The molecule has 3 heteroatoms. The van der Waals surface area contributed by atoms with E-state index in [1.54, 1.807) is 0 Å². The molecule has 3 unspecified atom stereocenters. The van der Waals surface area contributed by atoms with Crippen LogP contribution in [0.1, 0.15) is 71.6 Å². The lowest BCUT2D eigenvalue weighted by molar-refractivity contribution is 0.0272. The zero-order valence-electron chi connectivity index (χ0n) is 13.2. The molecule has 3 atom stereocenters. The van der Waals surface area contributed by atoms with Crippen LogP contribution < -0.4 is 5.32 Å². The number of unbranched alkanes of at least 4 members (excludes halogenated alkanes) is 1. The second-order valence-electron chi connectivity index (χ2n) is 6.73. The Balaban J connectivity index is 1.73. The van der Waals surface area contributed by atoms with E-state index in [1.165, 1.54) is 38.5 Å². The third-order valence-electron chi connectivity index (χ3n) is 4.85. The van der Waals surface area contributed by atoms with Crippen LogP contribution in [-0.4, -0.2) is 24.3 Å². The van der Waals surface area contributed by atoms with E-state index < -0.39 is 0 Å². The Morgan fingerprint density at radius 3 is 2.75 bits per heavy atom. The Labute approximate surface area is 124 Å². The van der Waals surface area contributed by atoms with Gasteiger partial charge in [-0.15, -0.1) is 0 Å². The van der Waals surface area contributed by atoms with Crippen LogP contribution in [0.25, 0.3) is 0 Å². The Morgan fingerprint density at radius 2 is 2.15 bits per heavy atom. The number of nitriles is 1. The second kappa shape index (κ2) is 7.43. The van der Waals surface area contributed by atoms with E-state index >= 15 is 0 Å². The van der Waals surface area contributed by atoms with Gasteiger partial charge in [0.2, 0.25) is 0 Å². The van der Waals surface area contributed by atoms with Crippen LogP contribution in [0, 0.1) is 17.2 Å². The van der Waals surface area contributed by atoms with Crippen LogP contribution in [0.2, 0.25) is 0 Å². The minimum absolute atomic E-state index is 0.288. The van der Waals surface area contributed by atoms with Crippen molar-refractivity contribution in [3.63, 3.8) is 0 Å². The Bertz CT molecular complexity index is 334. The van der Waals surface area contributed by atoms with Crippen molar-refractivity contribution in [2.75, 3.05) is 6.61 Å². The van der Waals surface area contributed by atoms with E-state index in [2.05, 4.69) is 25.2 Å². The third kappa shape index (κ3) is 4.46.